The number of benzene rings is 1. The van der Waals surface area contributed by atoms with Gasteiger partial charge in [0.1, 0.15) is 0 Å². The number of carbonyl (C=O) groups excluding carboxylic acids is 1. The number of carbonyl (C=O) groups is 2. The van der Waals surface area contributed by atoms with Crippen molar-refractivity contribution in [3.8, 4) is 5.69 Å². The number of carboxylic acid groups (broad SMARTS) is 1. The molecule has 1 aromatic heterocycles. The Bertz CT molecular complexity index is 750. The molecule has 1 heterocycles. The fraction of sp³-hybridized carbons (Fsp3) is 0.333. The first-order valence-corrected chi connectivity index (χ1v) is 7.89. The van der Waals surface area contributed by atoms with E-state index in [-0.39, 0.29) is 18.0 Å². The zero-order valence-electron chi connectivity index (χ0n) is 12.6. The molecule has 1 fully saturated rings. The second kappa shape index (κ2) is 6.88. The molecule has 3 N–H and O–H groups in total. The van der Waals surface area contributed by atoms with E-state index in [1.54, 1.807) is 18.2 Å². The standard InChI is InChI=1S/C15H16ClN5O3/c16-9-4-5-13(21-17-6-7-18-21)10(8-9)14(22)19-11-2-1-3-12(11)20-15(23)24/h4-8,11-12,20H,1-3H2,(H,19,22)(H,23,24)/t11-,12-/m0/s1. The summed E-state index contributed by atoms with van der Waals surface area (Å²) in [5, 5.41) is 22.7. The second-order valence-electron chi connectivity index (χ2n) is 5.55. The fourth-order valence-corrected chi connectivity index (χ4v) is 3.09. The van der Waals surface area contributed by atoms with Gasteiger partial charge in [0.15, 0.2) is 0 Å². The summed E-state index contributed by atoms with van der Waals surface area (Å²) in [6.07, 6.45) is 4.19. The lowest BCUT2D eigenvalue weighted by molar-refractivity contribution is 0.0930. The molecular weight excluding hydrogens is 334 g/mol. The molecule has 1 aromatic carbocycles. The fourth-order valence-electron chi connectivity index (χ4n) is 2.91. The third-order valence-corrected chi connectivity index (χ3v) is 4.21. The molecule has 2 aromatic rings. The van der Waals surface area contributed by atoms with Gasteiger partial charge in [-0.3, -0.25) is 4.79 Å². The molecule has 8 nitrogen and oxygen atoms in total. The number of nitrogens with zero attached hydrogens (tertiary/aromatic N) is 3. The Kier molecular flexibility index (Phi) is 4.66. The van der Waals surface area contributed by atoms with Crippen molar-refractivity contribution in [3.63, 3.8) is 0 Å². The molecule has 1 aliphatic carbocycles. The molecule has 24 heavy (non-hydrogen) atoms. The summed E-state index contributed by atoms with van der Waals surface area (Å²) >= 11 is 6.02. The molecule has 9 heteroatoms. The highest BCUT2D eigenvalue weighted by Crippen LogP contribution is 2.22. The molecule has 126 valence electrons. The van der Waals surface area contributed by atoms with E-state index in [9.17, 15) is 9.59 Å². The van der Waals surface area contributed by atoms with Gasteiger partial charge in [-0.25, -0.2) is 4.79 Å². The van der Waals surface area contributed by atoms with Crippen molar-refractivity contribution in [1.29, 1.82) is 0 Å². The molecule has 0 aliphatic heterocycles. The minimum absolute atomic E-state index is 0.258. The van der Waals surface area contributed by atoms with E-state index < -0.39 is 6.09 Å². The van der Waals surface area contributed by atoms with Crippen LogP contribution in [0.3, 0.4) is 0 Å². The molecule has 2 atom stereocenters. The van der Waals surface area contributed by atoms with Gasteiger partial charge in [-0.05, 0) is 37.5 Å². The number of rotatable bonds is 4. The predicted octanol–water partition coefficient (Wildman–Crippen LogP) is 1.84. The van der Waals surface area contributed by atoms with Crippen LogP contribution in [0, 0.1) is 0 Å². The van der Waals surface area contributed by atoms with Crippen LogP contribution in [-0.4, -0.2) is 44.2 Å². The van der Waals surface area contributed by atoms with E-state index >= 15 is 0 Å². The van der Waals surface area contributed by atoms with Crippen LogP contribution in [0.5, 0.6) is 0 Å². The quantitative estimate of drug-likeness (QED) is 0.780. The first kappa shape index (κ1) is 16.3. The van der Waals surface area contributed by atoms with Crippen molar-refractivity contribution >= 4 is 23.6 Å². The Hall–Kier alpha value is -2.61. The number of aromatic nitrogens is 3. The maximum absolute atomic E-state index is 12.7. The third-order valence-electron chi connectivity index (χ3n) is 3.98. The van der Waals surface area contributed by atoms with Crippen LogP contribution in [0.4, 0.5) is 4.79 Å². The highest BCUT2D eigenvalue weighted by atomic mass is 35.5. The van der Waals surface area contributed by atoms with Gasteiger partial charge < -0.3 is 15.7 Å². The molecule has 1 saturated carbocycles. The molecule has 0 unspecified atom stereocenters. The Balaban J connectivity index is 1.82. The first-order chi connectivity index (χ1) is 11.5. The molecule has 2 amide bonds. The van der Waals surface area contributed by atoms with Gasteiger partial charge in [-0.2, -0.15) is 15.0 Å². The van der Waals surface area contributed by atoms with Crippen molar-refractivity contribution in [2.45, 2.75) is 31.3 Å². The van der Waals surface area contributed by atoms with Gasteiger partial charge in [0.25, 0.3) is 5.91 Å². The second-order valence-corrected chi connectivity index (χ2v) is 5.98. The van der Waals surface area contributed by atoms with E-state index in [1.165, 1.54) is 17.2 Å². The minimum atomic E-state index is -1.09. The normalized spacial score (nSPS) is 19.9. The lowest BCUT2D eigenvalue weighted by Gasteiger charge is -2.21. The smallest absolute Gasteiger partial charge is 0.404 e. The molecule has 0 bridgehead atoms. The maximum atomic E-state index is 12.7. The SMILES string of the molecule is O=C(O)N[C@H]1CCC[C@@H]1NC(=O)c1cc(Cl)ccc1-n1nccn1. The summed E-state index contributed by atoms with van der Waals surface area (Å²) in [5.41, 5.74) is 0.835. The summed E-state index contributed by atoms with van der Waals surface area (Å²) in [5.74, 6) is -0.339. The zero-order chi connectivity index (χ0) is 17.1. The minimum Gasteiger partial charge on any atom is -0.465 e. The predicted molar refractivity (Wildman–Crippen MR) is 86.4 cm³/mol. The van der Waals surface area contributed by atoms with Gasteiger partial charge in [0.2, 0.25) is 0 Å². The number of hydrogen-bond acceptors (Lipinski definition) is 4. The van der Waals surface area contributed by atoms with Crippen molar-refractivity contribution in [2.75, 3.05) is 0 Å². The number of halogens is 1. The number of nitrogens with one attached hydrogen (secondary N) is 2. The summed E-state index contributed by atoms with van der Waals surface area (Å²) in [7, 11) is 0. The molecule has 1 aliphatic rings. The first-order valence-electron chi connectivity index (χ1n) is 7.51. The largest absolute Gasteiger partial charge is 0.465 e. The number of amides is 2. The van der Waals surface area contributed by atoms with Gasteiger partial charge in [0, 0.05) is 11.1 Å². The van der Waals surface area contributed by atoms with E-state index in [1.807, 2.05) is 0 Å². The van der Waals surface area contributed by atoms with E-state index in [4.69, 9.17) is 16.7 Å². The summed E-state index contributed by atoms with van der Waals surface area (Å²) in [6.45, 7) is 0. The Morgan fingerprint density at radius 2 is 1.83 bits per heavy atom. The van der Waals surface area contributed by atoms with Crippen molar-refractivity contribution in [3.05, 3.63) is 41.2 Å². The van der Waals surface area contributed by atoms with E-state index in [2.05, 4.69) is 20.8 Å². The lowest BCUT2D eigenvalue weighted by Crippen LogP contribution is -2.48. The topological polar surface area (TPSA) is 109 Å². The number of hydrogen-bond donors (Lipinski definition) is 3. The van der Waals surface area contributed by atoms with Gasteiger partial charge in [0.05, 0.1) is 29.7 Å². The Morgan fingerprint density at radius 3 is 2.50 bits per heavy atom. The Morgan fingerprint density at radius 1 is 1.17 bits per heavy atom. The van der Waals surface area contributed by atoms with Crippen LogP contribution in [0.15, 0.2) is 30.6 Å². The molecule has 0 spiro atoms. The van der Waals surface area contributed by atoms with Crippen LogP contribution in [0.25, 0.3) is 5.69 Å². The summed E-state index contributed by atoms with van der Waals surface area (Å²) in [4.78, 5) is 24.9. The lowest BCUT2D eigenvalue weighted by atomic mass is 10.1. The van der Waals surface area contributed by atoms with Crippen LogP contribution in [-0.2, 0) is 0 Å². The van der Waals surface area contributed by atoms with Gasteiger partial charge in [-0.1, -0.05) is 11.6 Å². The maximum Gasteiger partial charge on any atom is 0.404 e. The van der Waals surface area contributed by atoms with Gasteiger partial charge >= 0.3 is 6.09 Å². The van der Waals surface area contributed by atoms with E-state index in [0.717, 1.165) is 6.42 Å². The Labute approximate surface area is 142 Å². The van der Waals surface area contributed by atoms with E-state index in [0.29, 0.717) is 29.1 Å². The van der Waals surface area contributed by atoms with Crippen LogP contribution in [0.1, 0.15) is 29.6 Å². The van der Waals surface area contributed by atoms with Crippen molar-refractivity contribution < 1.29 is 14.7 Å². The molecular formula is C15H16ClN5O3. The summed E-state index contributed by atoms with van der Waals surface area (Å²) in [6, 6.07) is 4.31. The van der Waals surface area contributed by atoms with Crippen molar-refractivity contribution in [2.24, 2.45) is 0 Å². The monoisotopic (exact) mass is 349 g/mol. The van der Waals surface area contributed by atoms with Crippen molar-refractivity contribution in [1.82, 2.24) is 25.6 Å². The summed E-state index contributed by atoms with van der Waals surface area (Å²) < 4.78 is 0. The third kappa shape index (κ3) is 3.48. The van der Waals surface area contributed by atoms with Gasteiger partial charge in [-0.15, -0.1) is 0 Å². The van der Waals surface area contributed by atoms with Crippen LogP contribution in [0.2, 0.25) is 5.02 Å². The van der Waals surface area contributed by atoms with Crippen LogP contribution < -0.4 is 10.6 Å². The zero-order valence-corrected chi connectivity index (χ0v) is 13.4. The molecule has 0 saturated heterocycles. The highest BCUT2D eigenvalue weighted by molar-refractivity contribution is 6.31. The average Bonchev–Trinajstić information content (AvgIpc) is 3.19. The highest BCUT2D eigenvalue weighted by Gasteiger charge is 2.30. The molecule has 3 rings (SSSR count). The van der Waals surface area contributed by atoms with Crippen LogP contribution >= 0.6 is 11.6 Å². The molecule has 0 radical (unpaired) electrons. The average molecular weight is 350 g/mol.